The van der Waals surface area contributed by atoms with Gasteiger partial charge in [-0.15, -0.1) is 0 Å². The van der Waals surface area contributed by atoms with Crippen LogP contribution in [-0.4, -0.2) is 48.7 Å². The number of hydrogen-bond acceptors (Lipinski definition) is 4. The highest BCUT2D eigenvalue weighted by molar-refractivity contribution is 5.87. The van der Waals surface area contributed by atoms with Gasteiger partial charge in [-0.05, 0) is 5.92 Å². The zero-order valence-electron chi connectivity index (χ0n) is 11.0. The molecule has 0 aliphatic heterocycles. The predicted octanol–water partition coefficient (Wildman–Crippen LogP) is -0.637. The van der Waals surface area contributed by atoms with E-state index in [1.165, 1.54) is 14.0 Å². The Balaban J connectivity index is 4.43. The van der Waals surface area contributed by atoms with E-state index in [0.717, 1.165) is 0 Å². The first kappa shape index (κ1) is 16.4. The van der Waals surface area contributed by atoms with Crippen LogP contribution in [0.5, 0.6) is 0 Å². The molecule has 0 aromatic heterocycles. The maximum absolute atomic E-state index is 11.8. The van der Waals surface area contributed by atoms with Gasteiger partial charge in [0.15, 0.2) is 6.10 Å². The van der Waals surface area contributed by atoms with Crippen molar-refractivity contribution in [3.05, 3.63) is 0 Å². The summed E-state index contributed by atoms with van der Waals surface area (Å²) in [6.45, 7) is 4.74. The van der Waals surface area contributed by atoms with Crippen molar-refractivity contribution in [2.75, 3.05) is 13.7 Å². The molecular weight excluding hydrogens is 240 g/mol. The number of carboxylic acid groups (broad SMARTS) is 1. The molecular formula is C11H20N2O5. The second-order valence-electron chi connectivity index (χ2n) is 4.23. The lowest BCUT2D eigenvalue weighted by atomic mass is 10.0. The van der Waals surface area contributed by atoms with Crippen LogP contribution in [0.25, 0.3) is 0 Å². The summed E-state index contributed by atoms with van der Waals surface area (Å²) in [5.41, 5.74) is 0. The average molecular weight is 260 g/mol. The minimum atomic E-state index is -1.15. The highest BCUT2D eigenvalue weighted by Gasteiger charge is 2.25. The number of hydrogen-bond donors (Lipinski definition) is 3. The zero-order valence-corrected chi connectivity index (χ0v) is 11.0. The number of ether oxygens (including phenoxy) is 1. The normalized spacial score (nSPS) is 13.8. The van der Waals surface area contributed by atoms with Gasteiger partial charge < -0.3 is 20.5 Å². The molecule has 0 heterocycles. The van der Waals surface area contributed by atoms with Gasteiger partial charge in [0.2, 0.25) is 11.8 Å². The summed E-state index contributed by atoms with van der Waals surface area (Å²) in [7, 11) is 1.25. The highest BCUT2D eigenvalue weighted by atomic mass is 16.5. The standard InChI is InChI=1S/C11H20N2O5/c1-6(2)9(13-7(3)14)10(15)12-5-8(18-4)11(16)17/h6,8-9H,5H2,1-4H3,(H,12,15)(H,13,14)(H,16,17). The Hall–Kier alpha value is -1.63. The van der Waals surface area contributed by atoms with E-state index in [1.807, 2.05) is 0 Å². The van der Waals surface area contributed by atoms with E-state index in [0.29, 0.717) is 0 Å². The van der Waals surface area contributed by atoms with E-state index in [2.05, 4.69) is 15.4 Å². The van der Waals surface area contributed by atoms with Gasteiger partial charge in [-0.2, -0.15) is 0 Å². The molecule has 0 fully saturated rings. The highest BCUT2D eigenvalue weighted by Crippen LogP contribution is 2.02. The van der Waals surface area contributed by atoms with Crippen LogP contribution in [0, 0.1) is 5.92 Å². The van der Waals surface area contributed by atoms with Crippen molar-refractivity contribution in [1.29, 1.82) is 0 Å². The van der Waals surface area contributed by atoms with Gasteiger partial charge in [-0.3, -0.25) is 9.59 Å². The second-order valence-corrected chi connectivity index (χ2v) is 4.23. The minimum Gasteiger partial charge on any atom is -0.479 e. The Morgan fingerprint density at radius 1 is 1.28 bits per heavy atom. The molecule has 0 saturated carbocycles. The molecule has 2 unspecified atom stereocenters. The fraction of sp³-hybridized carbons (Fsp3) is 0.727. The fourth-order valence-corrected chi connectivity index (χ4v) is 1.33. The van der Waals surface area contributed by atoms with Gasteiger partial charge in [0, 0.05) is 14.0 Å². The first-order valence-corrected chi connectivity index (χ1v) is 5.60. The average Bonchev–Trinajstić information content (AvgIpc) is 2.25. The van der Waals surface area contributed by atoms with Crippen LogP contribution in [0.2, 0.25) is 0 Å². The van der Waals surface area contributed by atoms with Crippen LogP contribution in [0.4, 0.5) is 0 Å². The maximum atomic E-state index is 11.8. The molecule has 0 aliphatic rings. The predicted molar refractivity (Wildman–Crippen MR) is 63.9 cm³/mol. The van der Waals surface area contributed by atoms with Crippen molar-refractivity contribution in [3.8, 4) is 0 Å². The Kier molecular flexibility index (Phi) is 6.96. The largest absolute Gasteiger partial charge is 0.479 e. The molecule has 0 rings (SSSR count). The van der Waals surface area contributed by atoms with Gasteiger partial charge >= 0.3 is 5.97 Å². The third-order valence-corrected chi connectivity index (χ3v) is 2.33. The Labute approximate surface area is 106 Å². The molecule has 7 heteroatoms. The molecule has 0 aliphatic carbocycles. The molecule has 0 spiro atoms. The summed E-state index contributed by atoms with van der Waals surface area (Å²) in [4.78, 5) is 33.4. The monoisotopic (exact) mass is 260 g/mol. The van der Waals surface area contributed by atoms with Crippen molar-refractivity contribution < 1.29 is 24.2 Å². The van der Waals surface area contributed by atoms with Gasteiger partial charge in [0.05, 0.1) is 6.54 Å². The summed E-state index contributed by atoms with van der Waals surface area (Å²) >= 11 is 0. The summed E-state index contributed by atoms with van der Waals surface area (Å²) in [6.07, 6.45) is -1.10. The molecule has 2 atom stereocenters. The summed E-state index contributed by atoms with van der Waals surface area (Å²) in [5, 5.41) is 13.7. The van der Waals surface area contributed by atoms with Crippen molar-refractivity contribution in [3.63, 3.8) is 0 Å². The third-order valence-electron chi connectivity index (χ3n) is 2.33. The molecule has 0 bridgehead atoms. The number of carbonyl (C=O) groups excluding carboxylic acids is 2. The van der Waals surface area contributed by atoms with E-state index in [4.69, 9.17) is 5.11 Å². The van der Waals surface area contributed by atoms with Gasteiger partial charge in [-0.1, -0.05) is 13.8 Å². The molecule has 0 saturated heterocycles. The topological polar surface area (TPSA) is 105 Å². The summed E-state index contributed by atoms with van der Waals surface area (Å²) in [6, 6.07) is -0.686. The lowest BCUT2D eigenvalue weighted by Gasteiger charge is -2.21. The molecule has 2 amide bonds. The number of aliphatic carboxylic acids is 1. The first-order chi connectivity index (χ1) is 8.29. The number of rotatable bonds is 7. The molecule has 3 N–H and O–H groups in total. The number of carboxylic acids is 1. The van der Waals surface area contributed by atoms with Crippen LogP contribution < -0.4 is 10.6 Å². The first-order valence-electron chi connectivity index (χ1n) is 5.60. The number of amides is 2. The van der Waals surface area contributed by atoms with Crippen molar-refractivity contribution in [2.24, 2.45) is 5.92 Å². The smallest absolute Gasteiger partial charge is 0.334 e. The van der Waals surface area contributed by atoms with Gasteiger partial charge in [-0.25, -0.2) is 4.79 Å². The van der Waals surface area contributed by atoms with Crippen molar-refractivity contribution >= 4 is 17.8 Å². The van der Waals surface area contributed by atoms with Crippen molar-refractivity contribution in [1.82, 2.24) is 10.6 Å². The summed E-state index contributed by atoms with van der Waals surface area (Å²) < 4.78 is 4.68. The Morgan fingerprint density at radius 2 is 1.83 bits per heavy atom. The molecule has 0 radical (unpaired) electrons. The SMILES string of the molecule is COC(CNC(=O)C(NC(C)=O)C(C)C)C(=O)O. The van der Waals surface area contributed by atoms with E-state index in [-0.39, 0.29) is 18.4 Å². The van der Waals surface area contributed by atoms with Crippen LogP contribution in [0.15, 0.2) is 0 Å². The van der Waals surface area contributed by atoms with Gasteiger partial charge in [0.25, 0.3) is 0 Å². The third kappa shape index (κ3) is 5.62. The second kappa shape index (κ2) is 7.65. The lowest BCUT2D eigenvalue weighted by molar-refractivity contribution is -0.148. The van der Waals surface area contributed by atoms with E-state index in [9.17, 15) is 14.4 Å². The van der Waals surface area contributed by atoms with E-state index in [1.54, 1.807) is 13.8 Å². The molecule has 0 aromatic rings. The van der Waals surface area contributed by atoms with E-state index >= 15 is 0 Å². The summed E-state index contributed by atoms with van der Waals surface area (Å²) in [5.74, 6) is -1.99. The molecule has 7 nitrogen and oxygen atoms in total. The van der Waals surface area contributed by atoms with Crippen LogP contribution in [-0.2, 0) is 19.1 Å². The Morgan fingerprint density at radius 3 is 2.17 bits per heavy atom. The van der Waals surface area contributed by atoms with Crippen LogP contribution >= 0.6 is 0 Å². The Bertz CT molecular complexity index is 317. The van der Waals surface area contributed by atoms with E-state index < -0.39 is 24.0 Å². The van der Waals surface area contributed by atoms with Crippen LogP contribution in [0.3, 0.4) is 0 Å². The maximum Gasteiger partial charge on any atom is 0.334 e. The molecule has 0 aromatic carbocycles. The van der Waals surface area contributed by atoms with Crippen molar-refractivity contribution in [2.45, 2.75) is 32.9 Å². The number of nitrogens with one attached hydrogen (secondary N) is 2. The van der Waals surface area contributed by atoms with Gasteiger partial charge in [0.1, 0.15) is 6.04 Å². The zero-order chi connectivity index (χ0) is 14.3. The molecule has 18 heavy (non-hydrogen) atoms. The fourth-order valence-electron chi connectivity index (χ4n) is 1.33. The van der Waals surface area contributed by atoms with Crippen LogP contribution in [0.1, 0.15) is 20.8 Å². The molecule has 104 valence electrons. The minimum absolute atomic E-state index is 0.0975. The quantitative estimate of drug-likeness (QED) is 0.565. The number of methoxy groups -OCH3 is 1. The lowest BCUT2D eigenvalue weighted by Crippen LogP contribution is -2.51. The number of carbonyl (C=O) groups is 3.